The Morgan fingerprint density at radius 3 is 2.36 bits per heavy atom. The number of benzene rings is 2. The zero-order chi connectivity index (χ0) is 24.0. The molecule has 3 aromatic rings. The summed E-state index contributed by atoms with van der Waals surface area (Å²) in [5.41, 5.74) is 0.339. The van der Waals surface area contributed by atoms with Gasteiger partial charge in [0.2, 0.25) is 6.29 Å². The van der Waals surface area contributed by atoms with Crippen molar-refractivity contribution < 1.29 is 49.3 Å². The first kappa shape index (κ1) is 22.6. The summed E-state index contributed by atoms with van der Waals surface area (Å²) in [4.78, 5) is 23.8. The molecule has 1 unspecified atom stereocenters. The van der Waals surface area contributed by atoms with Gasteiger partial charge in [-0.2, -0.15) is 0 Å². The fourth-order valence-corrected chi connectivity index (χ4v) is 3.50. The number of carboxylic acids is 1. The van der Waals surface area contributed by atoms with E-state index >= 15 is 0 Å². The van der Waals surface area contributed by atoms with Crippen LogP contribution >= 0.6 is 0 Å². The number of fused-ring (bicyclic) bond motifs is 1. The highest BCUT2D eigenvalue weighted by molar-refractivity contribution is 5.86. The highest BCUT2D eigenvalue weighted by Crippen LogP contribution is 2.34. The van der Waals surface area contributed by atoms with Crippen molar-refractivity contribution in [2.75, 3.05) is 0 Å². The maximum atomic E-state index is 12.6. The Bertz CT molecular complexity index is 1280. The molecular weight excluding hydrogens is 440 g/mol. The molecule has 0 aliphatic carbocycles. The molecule has 1 fully saturated rings. The lowest BCUT2D eigenvalue weighted by molar-refractivity contribution is -0.271. The van der Waals surface area contributed by atoms with Crippen molar-refractivity contribution in [2.45, 2.75) is 37.6 Å². The van der Waals surface area contributed by atoms with Gasteiger partial charge in [-0.15, -0.1) is 0 Å². The van der Waals surface area contributed by atoms with Crippen LogP contribution in [0.3, 0.4) is 0 Å². The van der Waals surface area contributed by atoms with Gasteiger partial charge in [-0.1, -0.05) is 12.1 Å². The van der Waals surface area contributed by atoms with Crippen LogP contribution in [0.1, 0.15) is 5.56 Å². The van der Waals surface area contributed by atoms with Crippen LogP contribution < -0.4 is 10.2 Å². The van der Waals surface area contributed by atoms with Crippen LogP contribution in [0.5, 0.6) is 17.2 Å². The fraction of sp³-hybridized carbons (Fsp3) is 0.273. The van der Waals surface area contributed by atoms with Gasteiger partial charge in [-0.3, -0.25) is 4.79 Å². The molecule has 0 spiro atoms. The number of aliphatic hydroxyl groups excluding tert-OH is 3. The Kier molecular flexibility index (Phi) is 5.72. The molecule has 11 heteroatoms. The van der Waals surface area contributed by atoms with Crippen LogP contribution in [0.15, 0.2) is 45.6 Å². The Hall–Kier alpha value is -3.64. The molecule has 0 saturated carbocycles. The molecule has 2 aromatic carbocycles. The third-order valence-corrected chi connectivity index (χ3v) is 5.34. The summed E-state index contributed by atoms with van der Waals surface area (Å²) in [5.74, 6) is -2.19. The number of ether oxygens (including phenoxy) is 2. The van der Waals surface area contributed by atoms with E-state index in [1.807, 2.05) is 0 Å². The van der Waals surface area contributed by atoms with Crippen molar-refractivity contribution in [2.24, 2.45) is 0 Å². The molecule has 33 heavy (non-hydrogen) atoms. The molecule has 174 valence electrons. The molecular formula is C22H20O11. The maximum absolute atomic E-state index is 12.6. The average molecular weight is 460 g/mol. The highest BCUT2D eigenvalue weighted by Gasteiger charge is 2.48. The molecule has 2 heterocycles. The SMILES string of the molecule is Cc1ccc(-c2cc(=O)c3c(O)cc(OC4O[C@H](C(=O)O)[C@@H](O)[C@H](O)[C@H]4O)cc3o2)cc1O. The third kappa shape index (κ3) is 4.10. The van der Waals surface area contributed by atoms with E-state index in [-0.39, 0.29) is 28.2 Å². The van der Waals surface area contributed by atoms with E-state index in [9.17, 15) is 35.1 Å². The normalized spacial score (nSPS) is 25.2. The van der Waals surface area contributed by atoms with Gasteiger partial charge in [-0.25, -0.2) is 4.79 Å². The van der Waals surface area contributed by atoms with E-state index in [1.54, 1.807) is 19.1 Å². The number of aryl methyl sites for hydroxylation is 1. The Balaban J connectivity index is 1.72. The number of aliphatic hydroxyl groups is 3. The molecule has 0 bridgehead atoms. The van der Waals surface area contributed by atoms with Gasteiger partial charge >= 0.3 is 5.97 Å². The van der Waals surface area contributed by atoms with Gasteiger partial charge in [-0.05, 0) is 18.6 Å². The number of hydrogen-bond donors (Lipinski definition) is 6. The van der Waals surface area contributed by atoms with E-state index in [2.05, 4.69) is 0 Å². The average Bonchev–Trinajstić information content (AvgIpc) is 2.75. The molecule has 1 aromatic heterocycles. The lowest BCUT2D eigenvalue weighted by atomic mass is 9.99. The number of hydrogen-bond acceptors (Lipinski definition) is 10. The minimum Gasteiger partial charge on any atom is -0.508 e. The molecule has 11 nitrogen and oxygen atoms in total. The minimum absolute atomic E-state index is 0.00709. The second kappa shape index (κ2) is 8.37. The second-order valence-corrected chi connectivity index (χ2v) is 7.64. The van der Waals surface area contributed by atoms with E-state index in [0.717, 1.165) is 12.1 Å². The predicted octanol–water partition coefficient (Wildman–Crippen LogP) is 0.451. The van der Waals surface area contributed by atoms with Gasteiger partial charge in [0.1, 0.15) is 52.3 Å². The predicted molar refractivity (Wildman–Crippen MR) is 111 cm³/mol. The Morgan fingerprint density at radius 1 is 0.970 bits per heavy atom. The second-order valence-electron chi connectivity index (χ2n) is 7.64. The van der Waals surface area contributed by atoms with Crippen LogP contribution in [0.4, 0.5) is 0 Å². The Morgan fingerprint density at radius 2 is 1.70 bits per heavy atom. The lowest BCUT2D eigenvalue weighted by Gasteiger charge is -2.38. The van der Waals surface area contributed by atoms with E-state index in [1.165, 1.54) is 12.1 Å². The topological polar surface area (TPSA) is 187 Å². The summed E-state index contributed by atoms with van der Waals surface area (Å²) < 4.78 is 16.2. The van der Waals surface area contributed by atoms with Crippen molar-refractivity contribution >= 4 is 16.9 Å². The Labute approximate surface area is 185 Å². The highest BCUT2D eigenvalue weighted by atomic mass is 16.7. The zero-order valence-corrected chi connectivity index (χ0v) is 17.1. The smallest absolute Gasteiger partial charge is 0.335 e. The van der Waals surface area contributed by atoms with Gasteiger partial charge in [0.05, 0.1) is 0 Å². The van der Waals surface area contributed by atoms with Crippen LogP contribution in [-0.2, 0) is 9.53 Å². The van der Waals surface area contributed by atoms with Gasteiger partial charge in [0.25, 0.3) is 0 Å². The minimum atomic E-state index is -1.89. The number of carboxylic acid groups (broad SMARTS) is 1. The van der Waals surface area contributed by atoms with Crippen molar-refractivity contribution in [1.82, 2.24) is 0 Å². The lowest BCUT2D eigenvalue weighted by Crippen LogP contribution is -2.61. The van der Waals surface area contributed by atoms with Crippen molar-refractivity contribution in [1.29, 1.82) is 0 Å². The summed E-state index contributed by atoms with van der Waals surface area (Å²) in [6, 6.07) is 8.05. The molecule has 0 amide bonds. The number of rotatable bonds is 4. The quantitative estimate of drug-likeness (QED) is 0.317. The molecule has 1 aliphatic rings. The molecule has 5 atom stereocenters. The number of phenolic OH excluding ortho intramolecular Hbond substituents is 2. The monoisotopic (exact) mass is 460 g/mol. The first-order chi connectivity index (χ1) is 15.6. The van der Waals surface area contributed by atoms with Gasteiger partial charge in [0, 0.05) is 23.8 Å². The van der Waals surface area contributed by atoms with Crippen LogP contribution in [-0.4, -0.2) is 67.3 Å². The van der Waals surface area contributed by atoms with Crippen LogP contribution in [0, 0.1) is 6.92 Å². The summed E-state index contributed by atoms with van der Waals surface area (Å²) in [6.45, 7) is 1.70. The summed E-state index contributed by atoms with van der Waals surface area (Å²) in [7, 11) is 0. The molecule has 1 aliphatic heterocycles. The third-order valence-electron chi connectivity index (χ3n) is 5.34. The van der Waals surface area contributed by atoms with Crippen molar-refractivity contribution in [3.05, 3.63) is 52.2 Å². The molecule has 0 radical (unpaired) electrons. The first-order valence-electron chi connectivity index (χ1n) is 9.77. The fourth-order valence-electron chi connectivity index (χ4n) is 3.50. The summed E-state index contributed by atoms with van der Waals surface area (Å²) in [6.07, 6.45) is -9.18. The molecule has 4 rings (SSSR count). The van der Waals surface area contributed by atoms with E-state index in [4.69, 9.17) is 19.0 Å². The van der Waals surface area contributed by atoms with Crippen LogP contribution in [0.2, 0.25) is 0 Å². The van der Waals surface area contributed by atoms with E-state index < -0.39 is 47.9 Å². The summed E-state index contributed by atoms with van der Waals surface area (Å²) >= 11 is 0. The molecule has 6 N–H and O–H groups in total. The van der Waals surface area contributed by atoms with Crippen LogP contribution in [0.25, 0.3) is 22.3 Å². The zero-order valence-electron chi connectivity index (χ0n) is 17.1. The van der Waals surface area contributed by atoms with Crippen molar-refractivity contribution in [3.8, 4) is 28.6 Å². The number of phenols is 2. The number of carbonyl (C=O) groups is 1. The first-order valence-corrected chi connectivity index (χ1v) is 9.77. The number of aromatic hydroxyl groups is 2. The standard InChI is InChI=1S/C22H20O11/c1-8-2-3-9(4-11(8)23)14-7-13(25)16-12(24)5-10(6-15(16)32-14)31-22-19(28)17(26)18(27)20(33-22)21(29)30/h2-7,17-20,22-24,26-28H,1H3,(H,29,30)/t17-,18-,19+,20-,22?/m0/s1. The maximum Gasteiger partial charge on any atom is 0.335 e. The van der Waals surface area contributed by atoms with Gasteiger partial charge < -0.3 is 44.5 Å². The summed E-state index contributed by atoms with van der Waals surface area (Å²) in [5, 5.41) is 59.1. The molecule has 1 saturated heterocycles. The van der Waals surface area contributed by atoms with E-state index in [0.29, 0.717) is 11.1 Å². The number of aliphatic carboxylic acids is 1. The van der Waals surface area contributed by atoms with Crippen molar-refractivity contribution in [3.63, 3.8) is 0 Å². The largest absolute Gasteiger partial charge is 0.508 e. The van der Waals surface area contributed by atoms with Gasteiger partial charge in [0.15, 0.2) is 11.5 Å².